The summed E-state index contributed by atoms with van der Waals surface area (Å²) in [6.07, 6.45) is 0.890. The van der Waals surface area contributed by atoms with E-state index in [0.29, 0.717) is 11.3 Å². The van der Waals surface area contributed by atoms with Crippen LogP contribution in [0, 0.1) is 0 Å². The number of carbonyl (C=O) groups is 1. The third kappa shape index (κ3) is 3.66. The summed E-state index contributed by atoms with van der Waals surface area (Å²) >= 11 is 0. The molecule has 3 aromatic heterocycles. The number of aromatic nitrogens is 3. The molecule has 0 atom stereocenters. The average molecular weight is 440 g/mol. The molecule has 0 saturated heterocycles. The van der Waals surface area contributed by atoms with Crippen LogP contribution in [-0.2, 0) is 6.18 Å². The van der Waals surface area contributed by atoms with Crippen LogP contribution < -0.4 is 4.74 Å². The van der Waals surface area contributed by atoms with Crippen molar-refractivity contribution in [1.29, 1.82) is 0 Å². The number of nitrogens with zero attached hydrogens (tertiary/aromatic N) is 3. The van der Waals surface area contributed by atoms with E-state index in [1.54, 1.807) is 32.3 Å². The summed E-state index contributed by atoms with van der Waals surface area (Å²) in [7, 11) is 4.60. The van der Waals surface area contributed by atoms with E-state index in [4.69, 9.17) is 4.74 Å². The Balaban J connectivity index is 2.02. The van der Waals surface area contributed by atoms with E-state index in [1.807, 2.05) is 0 Å². The summed E-state index contributed by atoms with van der Waals surface area (Å²) in [6.45, 7) is 0. The molecule has 0 aliphatic heterocycles. The van der Waals surface area contributed by atoms with Gasteiger partial charge in [-0.2, -0.15) is 13.2 Å². The standard InChI is InChI=1S/C23H19F3N4O2/c1-30(2)22(31)14-6-4-5-13(9-14)15-11-28-21-19(20(15)23(24,25)26)17(12-29-21)16-10-27-8-7-18(16)32-3/h4-12H,1-3H3,(H,28,29). The van der Waals surface area contributed by atoms with Crippen LogP contribution in [0.1, 0.15) is 15.9 Å². The number of hydrogen-bond acceptors (Lipinski definition) is 4. The lowest BCUT2D eigenvalue weighted by Gasteiger charge is -2.17. The summed E-state index contributed by atoms with van der Waals surface area (Å²) in [6, 6.07) is 7.67. The Morgan fingerprint density at radius 2 is 1.88 bits per heavy atom. The van der Waals surface area contributed by atoms with Crippen molar-refractivity contribution in [2.24, 2.45) is 0 Å². The van der Waals surface area contributed by atoms with E-state index in [-0.39, 0.29) is 39.2 Å². The summed E-state index contributed by atoms with van der Waals surface area (Å²) in [5, 5.41) is -0.0920. The van der Waals surface area contributed by atoms with Gasteiger partial charge in [0.05, 0.1) is 12.7 Å². The molecule has 164 valence electrons. The van der Waals surface area contributed by atoms with E-state index in [9.17, 15) is 18.0 Å². The molecule has 3 heterocycles. The van der Waals surface area contributed by atoms with E-state index < -0.39 is 11.7 Å². The van der Waals surface area contributed by atoms with Gasteiger partial charge in [0.2, 0.25) is 0 Å². The fraction of sp³-hybridized carbons (Fsp3) is 0.174. The molecule has 6 nitrogen and oxygen atoms in total. The van der Waals surface area contributed by atoms with Gasteiger partial charge in [0.1, 0.15) is 11.4 Å². The van der Waals surface area contributed by atoms with E-state index in [0.717, 1.165) is 0 Å². The molecule has 0 spiro atoms. The number of H-pyrrole nitrogens is 1. The Hall–Kier alpha value is -3.88. The van der Waals surface area contributed by atoms with Crippen LogP contribution in [0.3, 0.4) is 0 Å². The van der Waals surface area contributed by atoms with Crippen molar-refractivity contribution in [3.63, 3.8) is 0 Å². The SMILES string of the molecule is COc1ccncc1-c1c[nH]c2ncc(-c3cccc(C(=O)N(C)C)c3)c(C(F)(F)F)c12. The Morgan fingerprint density at radius 3 is 2.56 bits per heavy atom. The number of alkyl halides is 3. The second kappa shape index (κ2) is 7.99. The van der Waals surface area contributed by atoms with Gasteiger partial charge in [-0.15, -0.1) is 0 Å². The average Bonchev–Trinajstić information content (AvgIpc) is 3.21. The molecule has 0 saturated carbocycles. The van der Waals surface area contributed by atoms with Gasteiger partial charge >= 0.3 is 6.18 Å². The van der Waals surface area contributed by atoms with Gasteiger partial charge in [0.25, 0.3) is 5.91 Å². The van der Waals surface area contributed by atoms with Gasteiger partial charge in [-0.3, -0.25) is 9.78 Å². The lowest BCUT2D eigenvalue weighted by Crippen LogP contribution is -2.21. The van der Waals surface area contributed by atoms with Crippen LogP contribution in [-0.4, -0.2) is 47.0 Å². The predicted octanol–water partition coefficient (Wildman–Crippen LogP) is 5.02. The molecule has 1 aromatic carbocycles. The molecule has 32 heavy (non-hydrogen) atoms. The largest absolute Gasteiger partial charge is 0.496 e. The molecule has 0 aliphatic carbocycles. The Morgan fingerprint density at radius 1 is 1.09 bits per heavy atom. The maximum Gasteiger partial charge on any atom is 0.417 e. The highest BCUT2D eigenvalue weighted by Crippen LogP contribution is 2.45. The number of hydrogen-bond donors (Lipinski definition) is 1. The number of aromatic amines is 1. The maximum atomic E-state index is 14.4. The van der Waals surface area contributed by atoms with Crippen LogP contribution in [0.15, 0.2) is 55.1 Å². The number of benzene rings is 1. The zero-order valence-electron chi connectivity index (χ0n) is 17.5. The van der Waals surface area contributed by atoms with Crippen molar-refractivity contribution in [2.75, 3.05) is 21.2 Å². The number of halogens is 3. The third-order valence-electron chi connectivity index (χ3n) is 5.10. The highest BCUT2D eigenvalue weighted by Gasteiger charge is 2.38. The zero-order valence-corrected chi connectivity index (χ0v) is 17.5. The fourth-order valence-electron chi connectivity index (χ4n) is 3.66. The van der Waals surface area contributed by atoms with Crippen LogP contribution in [0.5, 0.6) is 5.75 Å². The monoisotopic (exact) mass is 440 g/mol. The van der Waals surface area contributed by atoms with Gasteiger partial charge < -0.3 is 14.6 Å². The lowest BCUT2D eigenvalue weighted by molar-refractivity contribution is -0.135. The summed E-state index contributed by atoms with van der Waals surface area (Å²) in [4.78, 5) is 24.8. The Kier molecular flexibility index (Phi) is 5.33. The second-order valence-corrected chi connectivity index (χ2v) is 7.33. The molecule has 0 bridgehead atoms. The highest BCUT2D eigenvalue weighted by molar-refractivity contribution is 6.01. The van der Waals surface area contributed by atoms with Crippen LogP contribution in [0.2, 0.25) is 0 Å². The smallest absolute Gasteiger partial charge is 0.417 e. The molecule has 0 fully saturated rings. The number of rotatable bonds is 4. The summed E-state index contributed by atoms with van der Waals surface area (Å²) in [5.74, 6) is 0.0786. The quantitative estimate of drug-likeness (QED) is 0.484. The molecule has 4 aromatic rings. The van der Waals surface area contributed by atoms with Crippen molar-refractivity contribution in [3.8, 4) is 28.0 Å². The minimum absolute atomic E-state index is 0.0857. The van der Waals surface area contributed by atoms with Gasteiger partial charge in [-0.05, 0) is 23.8 Å². The maximum absolute atomic E-state index is 14.4. The minimum Gasteiger partial charge on any atom is -0.496 e. The van der Waals surface area contributed by atoms with E-state index in [2.05, 4.69) is 15.0 Å². The molecule has 9 heteroatoms. The Bertz CT molecular complexity index is 1310. The highest BCUT2D eigenvalue weighted by atomic mass is 19.4. The topological polar surface area (TPSA) is 71.1 Å². The predicted molar refractivity (Wildman–Crippen MR) is 114 cm³/mol. The number of pyridine rings is 2. The molecule has 1 N–H and O–H groups in total. The van der Waals surface area contributed by atoms with Crippen molar-refractivity contribution < 1.29 is 22.7 Å². The number of fused-ring (bicyclic) bond motifs is 1. The zero-order chi connectivity index (χ0) is 23.0. The molecule has 0 radical (unpaired) electrons. The molecule has 0 unspecified atom stereocenters. The van der Waals surface area contributed by atoms with Gasteiger partial charge in [0.15, 0.2) is 0 Å². The second-order valence-electron chi connectivity index (χ2n) is 7.33. The molecular weight excluding hydrogens is 421 g/mol. The first kappa shape index (κ1) is 21.4. The van der Waals surface area contributed by atoms with Crippen LogP contribution in [0.4, 0.5) is 13.2 Å². The molecule has 1 amide bonds. The first-order valence-electron chi connectivity index (χ1n) is 9.60. The van der Waals surface area contributed by atoms with Crippen molar-refractivity contribution in [3.05, 3.63) is 66.2 Å². The van der Waals surface area contributed by atoms with Crippen LogP contribution >= 0.6 is 0 Å². The number of nitrogens with one attached hydrogen (secondary N) is 1. The fourth-order valence-corrected chi connectivity index (χ4v) is 3.66. The first-order chi connectivity index (χ1) is 15.2. The van der Waals surface area contributed by atoms with Crippen LogP contribution in [0.25, 0.3) is 33.3 Å². The van der Waals surface area contributed by atoms with E-state index >= 15 is 0 Å². The van der Waals surface area contributed by atoms with Crippen molar-refractivity contribution >= 4 is 16.9 Å². The normalized spacial score (nSPS) is 11.6. The molecule has 4 rings (SSSR count). The van der Waals surface area contributed by atoms with Gasteiger partial charge in [-0.25, -0.2) is 4.98 Å². The van der Waals surface area contributed by atoms with Crippen molar-refractivity contribution in [1.82, 2.24) is 19.9 Å². The molecular formula is C23H19F3N4O2. The van der Waals surface area contributed by atoms with Gasteiger partial charge in [0, 0.05) is 66.5 Å². The summed E-state index contributed by atoms with van der Waals surface area (Å²) < 4.78 is 48.7. The van der Waals surface area contributed by atoms with E-state index in [1.165, 1.54) is 48.9 Å². The number of amides is 1. The number of ether oxygens (including phenoxy) is 1. The lowest BCUT2D eigenvalue weighted by atomic mass is 9.94. The minimum atomic E-state index is -4.69. The summed E-state index contributed by atoms with van der Waals surface area (Å²) in [5.41, 5.74) is 0.312. The van der Waals surface area contributed by atoms with Gasteiger partial charge in [-0.1, -0.05) is 12.1 Å². The van der Waals surface area contributed by atoms with Crippen molar-refractivity contribution in [2.45, 2.75) is 6.18 Å². The molecule has 0 aliphatic rings. The third-order valence-corrected chi connectivity index (χ3v) is 5.10. The number of methoxy groups -OCH3 is 1. The first-order valence-corrected chi connectivity index (χ1v) is 9.60. The number of carbonyl (C=O) groups excluding carboxylic acids is 1. The Labute approximate surface area is 181 Å².